The van der Waals surface area contributed by atoms with Gasteiger partial charge in [0, 0.05) is 17.9 Å². The number of nitrogens with zero attached hydrogens (tertiary/aromatic N) is 1. The van der Waals surface area contributed by atoms with Crippen LogP contribution < -0.4 is 0 Å². The second kappa shape index (κ2) is 6.63. The van der Waals surface area contributed by atoms with Crippen LogP contribution >= 0.6 is 15.9 Å². The van der Waals surface area contributed by atoms with E-state index in [9.17, 15) is 18.0 Å². The van der Waals surface area contributed by atoms with Crippen molar-refractivity contribution >= 4 is 21.8 Å². The molecule has 0 fully saturated rings. The quantitative estimate of drug-likeness (QED) is 0.845. The molecule has 3 nitrogen and oxygen atoms in total. The molecule has 1 aromatic carbocycles. The number of halogens is 4. The van der Waals surface area contributed by atoms with Crippen LogP contribution in [-0.4, -0.2) is 40.8 Å². The molecule has 1 amide bonds. The van der Waals surface area contributed by atoms with Crippen molar-refractivity contribution in [1.82, 2.24) is 4.90 Å². The summed E-state index contributed by atoms with van der Waals surface area (Å²) in [4.78, 5) is 12.7. The van der Waals surface area contributed by atoms with E-state index in [0.717, 1.165) is 23.1 Å². The van der Waals surface area contributed by atoms with Gasteiger partial charge in [0.15, 0.2) is 0 Å². The molecule has 1 N–H and O–H groups in total. The molecule has 0 saturated heterocycles. The van der Waals surface area contributed by atoms with Gasteiger partial charge in [0.1, 0.15) is 11.6 Å². The van der Waals surface area contributed by atoms with E-state index in [-0.39, 0.29) is 17.9 Å². The third-order valence-electron chi connectivity index (χ3n) is 2.18. The van der Waals surface area contributed by atoms with Gasteiger partial charge in [-0.25, -0.2) is 13.2 Å². The van der Waals surface area contributed by atoms with Crippen LogP contribution in [0.2, 0.25) is 0 Å². The zero-order chi connectivity index (χ0) is 13.7. The van der Waals surface area contributed by atoms with Crippen LogP contribution in [0.25, 0.3) is 0 Å². The summed E-state index contributed by atoms with van der Waals surface area (Å²) in [6.07, 6.45) is -2.69. The van der Waals surface area contributed by atoms with E-state index in [1.807, 2.05) is 0 Å². The molecule has 1 aromatic rings. The van der Waals surface area contributed by atoms with Gasteiger partial charge in [0.25, 0.3) is 12.3 Å². The summed E-state index contributed by atoms with van der Waals surface area (Å²) in [5, 5.41) is 9.32. The Hall–Kier alpha value is -1.24. The highest BCUT2D eigenvalue weighted by atomic mass is 79.9. The number of hydrogen-bond donors (Lipinski definition) is 1. The molecule has 0 saturated carbocycles. The Morgan fingerprint density at radius 1 is 1.44 bits per heavy atom. The molecule has 0 aliphatic rings. The van der Waals surface area contributed by atoms with Crippen molar-refractivity contribution in [3.05, 3.63) is 29.6 Å². The first kappa shape index (κ1) is 14.8. The topological polar surface area (TPSA) is 40.5 Å². The van der Waals surface area contributed by atoms with Gasteiger partial charge in [-0.1, -0.05) is 15.9 Å². The fraction of sp³-hybridized carbons (Fsp3) is 0.364. The Bertz CT molecular complexity index is 429. The molecule has 0 spiro atoms. The first-order chi connectivity index (χ1) is 8.45. The van der Waals surface area contributed by atoms with Crippen molar-refractivity contribution in [3.8, 4) is 5.75 Å². The highest BCUT2D eigenvalue weighted by Gasteiger charge is 2.21. The summed E-state index contributed by atoms with van der Waals surface area (Å²) in [5.74, 6) is -2.09. The van der Waals surface area contributed by atoms with Gasteiger partial charge in [0.2, 0.25) is 0 Å². The normalized spacial score (nSPS) is 10.7. The smallest absolute Gasteiger partial charge is 0.257 e. The molecule has 0 aromatic heterocycles. The van der Waals surface area contributed by atoms with E-state index < -0.39 is 24.7 Å². The SMILES string of the molecule is O=C(c1ccc(O)cc1F)N(CCBr)CC(F)F. The molecule has 0 aliphatic heterocycles. The standard InChI is InChI=1S/C11H11BrF3NO2/c12-3-4-16(6-10(14)15)11(18)8-2-1-7(17)5-9(8)13/h1-2,5,10,17H,3-4,6H2. The van der Waals surface area contributed by atoms with Crippen molar-refractivity contribution < 1.29 is 23.1 Å². The Balaban J connectivity index is 2.94. The Labute approximate surface area is 110 Å². The maximum absolute atomic E-state index is 13.4. The third-order valence-corrected chi connectivity index (χ3v) is 2.54. The van der Waals surface area contributed by atoms with Crippen LogP contribution in [-0.2, 0) is 0 Å². The Morgan fingerprint density at radius 3 is 2.61 bits per heavy atom. The first-order valence-electron chi connectivity index (χ1n) is 5.07. The number of aromatic hydroxyl groups is 1. The number of benzene rings is 1. The van der Waals surface area contributed by atoms with E-state index in [2.05, 4.69) is 15.9 Å². The molecule has 0 heterocycles. The minimum Gasteiger partial charge on any atom is -0.508 e. The predicted octanol–water partition coefficient (Wildman–Crippen LogP) is 2.63. The van der Waals surface area contributed by atoms with Gasteiger partial charge in [-0.3, -0.25) is 4.79 Å². The lowest BCUT2D eigenvalue weighted by Gasteiger charge is -2.21. The van der Waals surface area contributed by atoms with Crippen molar-refractivity contribution in [2.75, 3.05) is 18.4 Å². The van der Waals surface area contributed by atoms with Crippen molar-refractivity contribution in [2.45, 2.75) is 6.43 Å². The number of phenolic OH excluding ortho intramolecular Hbond substituents is 1. The largest absolute Gasteiger partial charge is 0.508 e. The molecular weight excluding hydrogens is 315 g/mol. The molecule has 100 valence electrons. The van der Waals surface area contributed by atoms with Gasteiger partial charge in [-0.2, -0.15) is 0 Å². The fourth-order valence-electron chi connectivity index (χ4n) is 1.39. The van der Waals surface area contributed by atoms with Crippen LogP contribution in [0, 0.1) is 5.82 Å². The summed E-state index contributed by atoms with van der Waals surface area (Å²) >= 11 is 3.04. The van der Waals surface area contributed by atoms with Crippen molar-refractivity contribution in [3.63, 3.8) is 0 Å². The lowest BCUT2D eigenvalue weighted by Crippen LogP contribution is -2.37. The maximum Gasteiger partial charge on any atom is 0.257 e. The van der Waals surface area contributed by atoms with E-state index >= 15 is 0 Å². The zero-order valence-electron chi connectivity index (χ0n) is 9.25. The molecule has 7 heteroatoms. The molecular formula is C11H11BrF3NO2. The van der Waals surface area contributed by atoms with E-state index in [1.54, 1.807) is 0 Å². The maximum atomic E-state index is 13.4. The zero-order valence-corrected chi connectivity index (χ0v) is 10.8. The predicted molar refractivity (Wildman–Crippen MR) is 63.8 cm³/mol. The highest BCUT2D eigenvalue weighted by Crippen LogP contribution is 2.17. The van der Waals surface area contributed by atoms with E-state index in [1.165, 1.54) is 0 Å². The minimum atomic E-state index is -2.69. The lowest BCUT2D eigenvalue weighted by molar-refractivity contribution is 0.0568. The number of carbonyl (C=O) groups is 1. The molecule has 18 heavy (non-hydrogen) atoms. The fourth-order valence-corrected chi connectivity index (χ4v) is 1.82. The monoisotopic (exact) mass is 325 g/mol. The van der Waals surface area contributed by atoms with Crippen molar-refractivity contribution in [2.24, 2.45) is 0 Å². The summed E-state index contributed by atoms with van der Waals surface area (Å²) in [6.45, 7) is -0.714. The second-order valence-electron chi connectivity index (χ2n) is 3.50. The number of rotatable bonds is 5. The summed E-state index contributed by atoms with van der Waals surface area (Å²) in [6, 6.07) is 2.96. The summed E-state index contributed by atoms with van der Waals surface area (Å²) in [5.41, 5.74) is -0.339. The van der Waals surface area contributed by atoms with Crippen LogP contribution in [0.4, 0.5) is 13.2 Å². The summed E-state index contributed by atoms with van der Waals surface area (Å²) < 4.78 is 38.0. The molecule has 0 atom stereocenters. The Morgan fingerprint density at radius 2 is 2.11 bits per heavy atom. The van der Waals surface area contributed by atoms with E-state index in [0.29, 0.717) is 5.33 Å². The number of phenols is 1. The van der Waals surface area contributed by atoms with E-state index in [4.69, 9.17) is 5.11 Å². The number of alkyl halides is 3. The average molecular weight is 326 g/mol. The average Bonchev–Trinajstić information content (AvgIpc) is 2.27. The van der Waals surface area contributed by atoms with Gasteiger partial charge in [-0.05, 0) is 12.1 Å². The van der Waals surface area contributed by atoms with Crippen molar-refractivity contribution in [1.29, 1.82) is 0 Å². The van der Waals surface area contributed by atoms with Crippen LogP contribution in [0.15, 0.2) is 18.2 Å². The van der Waals surface area contributed by atoms with Crippen LogP contribution in [0.1, 0.15) is 10.4 Å². The van der Waals surface area contributed by atoms with Gasteiger partial charge in [0.05, 0.1) is 12.1 Å². The third kappa shape index (κ3) is 3.90. The highest BCUT2D eigenvalue weighted by molar-refractivity contribution is 9.09. The van der Waals surface area contributed by atoms with Gasteiger partial charge >= 0.3 is 0 Å². The second-order valence-corrected chi connectivity index (χ2v) is 4.29. The Kier molecular flexibility index (Phi) is 5.46. The molecule has 0 radical (unpaired) electrons. The van der Waals surface area contributed by atoms with Crippen LogP contribution in [0.3, 0.4) is 0 Å². The van der Waals surface area contributed by atoms with Gasteiger partial charge < -0.3 is 10.0 Å². The minimum absolute atomic E-state index is 0.0451. The number of hydrogen-bond acceptors (Lipinski definition) is 2. The van der Waals surface area contributed by atoms with Gasteiger partial charge in [-0.15, -0.1) is 0 Å². The first-order valence-corrected chi connectivity index (χ1v) is 6.19. The number of carbonyl (C=O) groups excluding carboxylic acids is 1. The molecule has 0 bridgehead atoms. The number of amides is 1. The summed E-state index contributed by atoms with van der Waals surface area (Å²) in [7, 11) is 0. The molecule has 1 rings (SSSR count). The van der Waals surface area contributed by atoms with Crippen LogP contribution in [0.5, 0.6) is 5.75 Å². The lowest BCUT2D eigenvalue weighted by atomic mass is 10.1. The molecule has 0 unspecified atom stereocenters. The molecule has 0 aliphatic carbocycles.